The Morgan fingerprint density at radius 1 is 0.346 bits per heavy atom. The molecule has 7 heteroatoms. The smallest absolute Gasteiger partial charge is 0.485 e. The van der Waals surface area contributed by atoms with E-state index in [4.69, 9.17) is 28.4 Å². The monoisotopic (exact) mass is 694 g/mol. The molecule has 0 atom stereocenters. The maximum Gasteiger partial charge on any atom is 0.508 e. The summed E-state index contributed by atoms with van der Waals surface area (Å²) in [7, 11) is 0. The number of benzene rings is 6. The van der Waals surface area contributed by atoms with Gasteiger partial charge in [0, 0.05) is 12.8 Å². The van der Waals surface area contributed by atoms with E-state index in [-0.39, 0.29) is 13.2 Å². The van der Waals surface area contributed by atoms with Gasteiger partial charge in [0.2, 0.25) is 0 Å². The molecule has 0 aliphatic heterocycles. The van der Waals surface area contributed by atoms with E-state index in [9.17, 15) is 4.79 Å². The molecule has 0 spiro atoms. The molecule has 0 radical (unpaired) electrons. The average molecular weight is 695 g/mol. The highest BCUT2D eigenvalue weighted by atomic mass is 16.7. The Kier molecular flexibility index (Phi) is 13.2. The summed E-state index contributed by atoms with van der Waals surface area (Å²) in [6.45, 7) is 1.96. The Balaban J connectivity index is 0.996. The van der Waals surface area contributed by atoms with Gasteiger partial charge in [0.15, 0.2) is 23.0 Å². The largest absolute Gasteiger partial charge is 0.508 e. The van der Waals surface area contributed by atoms with Crippen molar-refractivity contribution in [3.05, 3.63) is 191 Å². The van der Waals surface area contributed by atoms with Crippen LogP contribution in [-0.2, 0) is 48.7 Å². The van der Waals surface area contributed by atoms with Crippen LogP contribution in [0.2, 0.25) is 0 Å². The van der Waals surface area contributed by atoms with Crippen LogP contribution in [0.5, 0.6) is 23.0 Å². The first-order chi connectivity index (χ1) is 25.7. The summed E-state index contributed by atoms with van der Waals surface area (Å²) in [4.78, 5) is 12.5. The minimum atomic E-state index is -0.716. The average Bonchev–Trinajstić information content (AvgIpc) is 3.20. The highest BCUT2D eigenvalue weighted by Gasteiger charge is 2.12. The minimum Gasteiger partial charge on any atom is -0.485 e. The van der Waals surface area contributed by atoms with Crippen molar-refractivity contribution in [3.8, 4) is 23.0 Å². The first-order valence-corrected chi connectivity index (χ1v) is 17.4. The Morgan fingerprint density at radius 2 is 0.654 bits per heavy atom. The number of hydrogen-bond acceptors (Lipinski definition) is 7. The Labute approximate surface area is 305 Å². The molecule has 0 bridgehead atoms. The van der Waals surface area contributed by atoms with Gasteiger partial charge in [0.1, 0.15) is 26.4 Å². The highest BCUT2D eigenvalue weighted by Crippen LogP contribution is 2.32. The quantitative estimate of drug-likeness (QED) is 0.0830. The third-order valence-electron chi connectivity index (χ3n) is 8.19. The van der Waals surface area contributed by atoms with Crippen LogP contribution in [-0.4, -0.2) is 19.4 Å². The summed E-state index contributed by atoms with van der Waals surface area (Å²) in [5.41, 5.74) is 6.12. The van der Waals surface area contributed by atoms with Crippen molar-refractivity contribution in [3.63, 3.8) is 0 Å². The van der Waals surface area contributed by atoms with Crippen molar-refractivity contribution >= 4 is 6.16 Å². The van der Waals surface area contributed by atoms with Gasteiger partial charge in [-0.15, -0.1) is 0 Å². The summed E-state index contributed by atoms with van der Waals surface area (Å²) >= 11 is 0. The molecule has 0 aliphatic carbocycles. The molecule has 0 saturated carbocycles. The van der Waals surface area contributed by atoms with Crippen molar-refractivity contribution in [1.29, 1.82) is 0 Å². The molecular formula is C45H42O7. The van der Waals surface area contributed by atoms with E-state index in [1.807, 2.05) is 158 Å². The van der Waals surface area contributed by atoms with Gasteiger partial charge in [-0.25, -0.2) is 4.79 Å². The maximum absolute atomic E-state index is 12.5. The SMILES string of the molecule is O=C(OCCc1ccc(OCc2ccccc2)c(OCc2ccccc2)c1)OCCc1ccc(OCc2ccccc2)c(OCc2ccccc2)c1. The summed E-state index contributed by atoms with van der Waals surface area (Å²) < 4.78 is 35.5. The fourth-order valence-electron chi connectivity index (χ4n) is 5.37. The molecule has 6 rings (SSSR count). The molecule has 0 unspecified atom stereocenters. The van der Waals surface area contributed by atoms with E-state index in [2.05, 4.69) is 0 Å². The highest BCUT2D eigenvalue weighted by molar-refractivity contribution is 5.60. The summed E-state index contributed by atoms with van der Waals surface area (Å²) in [5, 5.41) is 0. The maximum atomic E-state index is 12.5. The Bertz CT molecular complexity index is 1810. The lowest BCUT2D eigenvalue weighted by Crippen LogP contribution is -2.12. The molecule has 52 heavy (non-hydrogen) atoms. The van der Waals surface area contributed by atoms with Crippen LogP contribution in [0.4, 0.5) is 4.79 Å². The topological polar surface area (TPSA) is 72.5 Å². The second kappa shape index (κ2) is 19.3. The van der Waals surface area contributed by atoms with E-state index in [1.54, 1.807) is 0 Å². The first-order valence-electron chi connectivity index (χ1n) is 17.4. The van der Waals surface area contributed by atoms with Crippen LogP contribution in [0, 0.1) is 0 Å². The number of carbonyl (C=O) groups excluding carboxylic acids is 1. The normalized spacial score (nSPS) is 10.6. The summed E-state index contributed by atoms with van der Waals surface area (Å²) in [6.07, 6.45) is 0.261. The zero-order chi connectivity index (χ0) is 35.6. The molecule has 0 aromatic heterocycles. The molecule has 7 nitrogen and oxygen atoms in total. The van der Waals surface area contributed by atoms with Gasteiger partial charge in [-0.1, -0.05) is 133 Å². The van der Waals surface area contributed by atoms with E-state index in [0.717, 1.165) is 33.4 Å². The summed E-state index contributed by atoms with van der Waals surface area (Å²) in [6, 6.07) is 51.5. The van der Waals surface area contributed by atoms with Crippen molar-refractivity contribution in [2.45, 2.75) is 39.3 Å². The molecule has 0 amide bonds. The molecule has 0 aliphatic rings. The Hall–Kier alpha value is -6.21. The van der Waals surface area contributed by atoms with Gasteiger partial charge in [0.25, 0.3) is 0 Å². The fraction of sp³-hybridized carbons (Fsp3) is 0.178. The second-order valence-corrected chi connectivity index (χ2v) is 12.1. The number of rotatable bonds is 18. The number of carbonyl (C=O) groups is 1. The zero-order valence-corrected chi connectivity index (χ0v) is 29.0. The van der Waals surface area contributed by atoms with Gasteiger partial charge < -0.3 is 28.4 Å². The predicted molar refractivity (Wildman–Crippen MR) is 201 cm³/mol. The molecule has 6 aromatic rings. The number of ether oxygens (including phenoxy) is 6. The van der Waals surface area contributed by atoms with Crippen LogP contribution in [0.1, 0.15) is 33.4 Å². The molecule has 6 aromatic carbocycles. The second-order valence-electron chi connectivity index (χ2n) is 12.1. The first kappa shape index (κ1) is 35.6. The molecule has 0 N–H and O–H groups in total. The lowest BCUT2D eigenvalue weighted by Gasteiger charge is -2.15. The Morgan fingerprint density at radius 3 is 0.981 bits per heavy atom. The minimum absolute atomic E-state index is 0.159. The standard InChI is InChI=1S/C45H42O7/c46-45(47-27-25-35-21-23-41(49-31-37-13-5-1-6-14-37)43(29-35)51-33-39-17-9-3-10-18-39)48-28-26-36-22-24-42(50-32-38-15-7-2-8-16-38)44(30-36)52-34-40-19-11-4-12-20-40/h1-24,29-30H,25-28,31-34H2. The molecule has 264 valence electrons. The van der Waals surface area contributed by atoms with Crippen LogP contribution in [0.15, 0.2) is 158 Å². The van der Waals surface area contributed by atoms with Crippen LogP contribution < -0.4 is 18.9 Å². The van der Waals surface area contributed by atoms with Crippen LogP contribution in [0.3, 0.4) is 0 Å². The van der Waals surface area contributed by atoms with Gasteiger partial charge in [-0.3, -0.25) is 0 Å². The van der Waals surface area contributed by atoms with Gasteiger partial charge >= 0.3 is 6.16 Å². The zero-order valence-electron chi connectivity index (χ0n) is 29.0. The third kappa shape index (κ3) is 11.4. The predicted octanol–water partition coefficient (Wildman–Crippen LogP) is 9.94. The molecule has 0 heterocycles. The van der Waals surface area contributed by atoms with Crippen molar-refractivity contribution in [1.82, 2.24) is 0 Å². The molecule has 0 fully saturated rings. The van der Waals surface area contributed by atoms with Gasteiger partial charge in [-0.05, 0) is 57.6 Å². The molecule has 0 saturated heterocycles. The number of hydrogen-bond donors (Lipinski definition) is 0. The lowest BCUT2D eigenvalue weighted by atomic mass is 10.1. The fourth-order valence-corrected chi connectivity index (χ4v) is 5.37. The van der Waals surface area contributed by atoms with Crippen molar-refractivity contribution in [2.75, 3.05) is 13.2 Å². The molecular weight excluding hydrogens is 652 g/mol. The summed E-state index contributed by atoms with van der Waals surface area (Å²) in [5.74, 6) is 2.55. The van der Waals surface area contributed by atoms with Crippen molar-refractivity contribution < 1.29 is 33.2 Å². The van der Waals surface area contributed by atoms with E-state index >= 15 is 0 Å². The van der Waals surface area contributed by atoms with Gasteiger partial charge in [0.05, 0.1) is 13.2 Å². The van der Waals surface area contributed by atoms with Crippen LogP contribution in [0.25, 0.3) is 0 Å². The van der Waals surface area contributed by atoms with Gasteiger partial charge in [-0.2, -0.15) is 0 Å². The van der Waals surface area contributed by atoms with E-state index in [1.165, 1.54) is 0 Å². The van der Waals surface area contributed by atoms with E-state index < -0.39 is 6.16 Å². The lowest BCUT2D eigenvalue weighted by molar-refractivity contribution is 0.0569. The van der Waals surface area contributed by atoms with E-state index in [0.29, 0.717) is 62.3 Å². The third-order valence-corrected chi connectivity index (χ3v) is 8.19. The van der Waals surface area contributed by atoms with Crippen LogP contribution >= 0.6 is 0 Å². The van der Waals surface area contributed by atoms with Crippen molar-refractivity contribution in [2.24, 2.45) is 0 Å².